The lowest BCUT2D eigenvalue weighted by atomic mass is 10.0. The Balaban J connectivity index is 3.20. The number of rotatable bonds is 14. The molecule has 0 aliphatic carbocycles. The second kappa shape index (κ2) is 14.0. The Morgan fingerprint density at radius 1 is 0.842 bits per heavy atom. The lowest BCUT2D eigenvalue weighted by molar-refractivity contribution is -0.129. The number of unbranched alkanes of at least 4 members (excludes halogenated alkanes) is 9. The van der Waals surface area contributed by atoms with Gasteiger partial charge in [0.2, 0.25) is 0 Å². The quantitative estimate of drug-likeness (QED) is 0.401. The molecule has 0 aromatic carbocycles. The van der Waals surface area contributed by atoms with Crippen LogP contribution in [0.5, 0.6) is 0 Å². The number of hydrogen-bond donors (Lipinski definition) is 0. The van der Waals surface area contributed by atoms with E-state index in [2.05, 4.69) is 6.92 Å². The maximum atomic E-state index is 11.6. The van der Waals surface area contributed by atoms with E-state index < -0.39 is 0 Å². The first-order valence-corrected chi connectivity index (χ1v) is 8.36. The Morgan fingerprint density at radius 2 is 1.32 bits per heavy atom. The van der Waals surface area contributed by atoms with Crippen molar-refractivity contribution in [2.45, 2.75) is 97.5 Å². The highest BCUT2D eigenvalue weighted by Gasteiger charge is 2.11. The fraction of sp³-hybridized carbons (Fsp3) is 0.941. The van der Waals surface area contributed by atoms with E-state index in [0.717, 1.165) is 6.42 Å². The van der Waals surface area contributed by atoms with Crippen LogP contribution in [0.4, 0.5) is 0 Å². The summed E-state index contributed by atoms with van der Waals surface area (Å²) in [5, 5.41) is 0. The molecule has 0 amide bonds. The van der Waals surface area contributed by atoms with E-state index in [4.69, 9.17) is 4.74 Å². The number of ketones is 1. The molecule has 0 aliphatic heterocycles. The predicted octanol–water partition coefficient (Wildman–Crippen LogP) is 5.29. The van der Waals surface area contributed by atoms with Gasteiger partial charge in [0.15, 0.2) is 5.78 Å². The van der Waals surface area contributed by atoms with Gasteiger partial charge in [-0.2, -0.15) is 0 Å². The molecule has 0 heterocycles. The summed E-state index contributed by atoms with van der Waals surface area (Å²) in [5.41, 5.74) is 0. The van der Waals surface area contributed by atoms with Gasteiger partial charge < -0.3 is 4.74 Å². The topological polar surface area (TPSA) is 26.3 Å². The lowest BCUT2D eigenvalue weighted by Crippen LogP contribution is -2.20. The number of Topliss-reactive ketones (excluding diaryl/α,β-unsaturated/α-hetero) is 1. The molecular weight excluding hydrogens is 236 g/mol. The molecule has 0 N–H and O–H groups in total. The monoisotopic (exact) mass is 270 g/mol. The van der Waals surface area contributed by atoms with Gasteiger partial charge >= 0.3 is 0 Å². The van der Waals surface area contributed by atoms with Crippen LogP contribution in [0.3, 0.4) is 0 Å². The van der Waals surface area contributed by atoms with E-state index in [1.165, 1.54) is 57.8 Å². The van der Waals surface area contributed by atoms with Crippen LogP contribution in [-0.2, 0) is 9.53 Å². The summed E-state index contributed by atoms with van der Waals surface area (Å²) in [4.78, 5) is 11.6. The van der Waals surface area contributed by atoms with Crippen molar-refractivity contribution < 1.29 is 9.53 Å². The van der Waals surface area contributed by atoms with E-state index in [-0.39, 0.29) is 11.9 Å². The Kier molecular flexibility index (Phi) is 13.8. The van der Waals surface area contributed by atoms with Crippen molar-refractivity contribution in [1.29, 1.82) is 0 Å². The van der Waals surface area contributed by atoms with E-state index >= 15 is 0 Å². The van der Waals surface area contributed by atoms with Crippen molar-refractivity contribution in [3.63, 3.8) is 0 Å². The molecular formula is C17H34O2. The zero-order valence-electron chi connectivity index (χ0n) is 13.4. The molecule has 0 saturated heterocycles. The van der Waals surface area contributed by atoms with Gasteiger partial charge in [0.05, 0.1) is 0 Å². The third-order valence-electron chi connectivity index (χ3n) is 3.65. The third kappa shape index (κ3) is 12.4. The summed E-state index contributed by atoms with van der Waals surface area (Å²) in [6.07, 6.45) is 13.6. The average Bonchev–Trinajstić information content (AvgIpc) is 2.41. The minimum atomic E-state index is -0.205. The van der Waals surface area contributed by atoms with Crippen LogP contribution in [0.2, 0.25) is 0 Å². The van der Waals surface area contributed by atoms with Crippen molar-refractivity contribution in [2.24, 2.45) is 0 Å². The molecule has 2 nitrogen and oxygen atoms in total. The summed E-state index contributed by atoms with van der Waals surface area (Å²) < 4.78 is 5.30. The Bertz CT molecular complexity index is 201. The molecule has 1 atom stereocenters. The highest BCUT2D eigenvalue weighted by atomic mass is 16.5. The molecule has 0 rings (SSSR count). The predicted molar refractivity (Wildman–Crippen MR) is 82.6 cm³/mol. The molecule has 0 aliphatic rings. The highest BCUT2D eigenvalue weighted by Crippen LogP contribution is 2.12. The molecule has 19 heavy (non-hydrogen) atoms. The first kappa shape index (κ1) is 18.6. The Labute approximate surface area is 120 Å². The second-order valence-corrected chi connectivity index (χ2v) is 5.50. The van der Waals surface area contributed by atoms with Gasteiger partial charge in [-0.15, -0.1) is 0 Å². The van der Waals surface area contributed by atoms with Crippen molar-refractivity contribution in [2.75, 3.05) is 6.61 Å². The van der Waals surface area contributed by atoms with Crippen LogP contribution in [0.25, 0.3) is 0 Å². The molecule has 1 unspecified atom stereocenters. The molecule has 0 radical (unpaired) electrons. The lowest BCUT2D eigenvalue weighted by Gasteiger charge is -2.09. The van der Waals surface area contributed by atoms with Crippen molar-refractivity contribution >= 4 is 5.78 Å². The summed E-state index contributed by atoms with van der Waals surface area (Å²) in [5.74, 6) is 0.265. The zero-order valence-corrected chi connectivity index (χ0v) is 13.4. The molecule has 0 aromatic rings. The van der Waals surface area contributed by atoms with Gasteiger partial charge in [0.1, 0.15) is 6.10 Å². The van der Waals surface area contributed by atoms with Crippen LogP contribution in [0, 0.1) is 0 Å². The van der Waals surface area contributed by atoms with E-state index in [9.17, 15) is 4.79 Å². The first-order valence-electron chi connectivity index (χ1n) is 8.36. The number of ether oxygens (including phenoxy) is 1. The Morgan fingerprint density at radius 3 is 1.79 bits per heavy atom. The number of hydrogen-bond acceptors (Lipinski definition) is 2. The Hall–Kier alpha value is -0.370. The minimum Gasteiger partial charge on any atom is -0.371 e. The number of carbonyl (C=O) groups excluding carboxylic acids is 1. The van der Waals surface area contributed by atoms with Crippen LogP contribution < -0.4 is 0 Å². The first-order chi connectivity index (χ1) is 9.22. The van der Waals surface area contributed by atoms with Gasteiger partial charge in [-0.05, 0) is 20.3 Å². The van der Waals surface area contributed by atoms with Crippen LogP contribution in [0.1, 0.15) is 91.4 Å². The molecule has 0 bridgehead atoms. The summed E-state index contributed by atoms with van der Waals surface area (Å²) >= 11 is 0. The maximum absolute atomic E-state index is 11.6. The zero-order chi connectivity index (χ0) is 14.3. The molecule has 0 aromatic heterocycles. The van der Waals surface area contributed by atoms with E-state index in [1.807, 2.05) is 13.8 Å². The minimum absolute atomic E-state index is 0.205. The second-order valence-electron chi connectivity index (χ2n) is 5.50. The van der Waals surface area contributed by atoms with Crippen molar-refractivity contribution in [1.82, 2.24) is 0 Å². The van der Waals surface area contributed by atoms with Crippen LogP contribution in [0.15, 0.2) is 0 Å². The SMILES string of the molecule is CCCCCCCCCCCCC(=O)C(C)OCC. The standard InChI is InChI=1S/C17H34O2/c1-4-6-7-8-9-10-11-12-13-14-15-17(18)16(3)19-5-2/h16H,4-15H2,1-3H3. The molecule has 0 saturated carbocycles. The smallest absolute Gasteiger partial charge is 0.161 e. The van der Waals surface area contributed by atoms with Crippen LogP contribution in [-0.4, -0.2) is 18.5 Å². The summed E-state index contributed by atoms with van der Waals surface area (Å²) in [6, 6.07) is 0. The van der Waals surface area contributed by atoms with Crippen LogP contribution >= 0.6 is 0 Å². The maximum Gasteiger partial charge on any atom is 0.161 e. The van der Waals surface area contributed by atoms with E-state index in [0.29, 0.717) is 13.0 Å². The van der Waals surface area contributed by atoms with Crippen molar-refractivity contribution in [3.8, 4) is 0 Å². The highest BCUT2D eigenvalue weighted by molar-refractivity contribution is 5.82. The van der Waals surface area contributed by atoms with Gasteiger partial charge in [-0.25, -0.2) is 0 Å². The summed E-state index contributed by atoms with van der Waals surface area (Å²) in [7, 11) is 0. The van der Waals surface area contributed by atoms with Gasteiger partial charge in [-0.1, -0.05) is 64.7 Å². The fourth-order valence-electron chi connectivity index (χ4n) is 2.33. The fourth-order valence-corrected chi connectivity index (χ4v) is 2.33. The van der Waals surface area contributed by atoms with Gasteiger partial charge in [0, 0.05) is 13.0 Å². The number of carbonyl (C=O) groups is 1. The van der Waals surface area contributed by atoms with Crippen molar-refractivity contribution in [3.05, 3.63) is 0 Å². The molecule has 0 spiro atoms. The summed E-state index contributed by atoms with van der Waals surface area (Å²) in [6.45, 7) is 6.69. The third-order valence-corrected chi connectivity index (χ3v) is 3.65. The normalized spacial score (nSPS) is 12.6. The van der Waals surface area contributed by atoms with E-state index in [1.54, 1.807) is 0 Å². The molecule has 0 fully saturated rings. The molecule has 2 heteroatoms. The van der Waals surface area contributed by atoms with Gasteiger partial charge in [0.25, 0.3) is 0 Å². The average molecular weight is 270 g/mol. The molecule has 114 valence electrons. The largest absolute Gasteiger partial charge is 0.371 e. The van der Waals surface area contributed by atoms with Gasteiger partial charge in [-0.3, -0.25) is 4.79 Å².